The fraction of sp³-hybridized carbons (Fsp3) is 1.00. The summed E-state index contributed by atoms with van der Waals surface area (Å²) in [7, 11) is 0. The second-order valence-electron chi connectivity index (χ2n) is 1.06. The summed E-state index contributed by atoms with van der Waals surface area (Å²) in [4.78, 5) is 0. The van der Waals surface area contributed by atoms with Crippen LogP contribution in [0.1, 0.15) is 19.8 Å². The Kier molecular flexibility index (Phi) is 16.6. The third-order valence-corrected chi connectivity index (χ3v) is 0.787. The van der Waals surface area contributed by atoms with Gasteiger partial charge in [-0.1, -0.05) is 19.8 Å². The molecule has 0 amide bonds. The Morgan fingerprint density at radius 1 is 1.50 bits per heavy atom. The van der Waals surface area contributed by atoms with Gasteiger partial charge in [-0.15, -0.1) is 0 Å². The van der Waals surface area contributed by atoms with Gasteiger partial charge in [0.2, 0.25) is 0 Å². The molecule has 32 valence electrons. The van der Waals surface area contributed by atoms with E-state index in [0.717, 1.165) is 5.75 Å². The van der Waals surface area contributed by atoms with Crippen LogP contribution < -0.4 is 29.6 Å². The van der Waals surface area contributed by atoms with E-state index in [1.54, 1.807) is 0 Å². The molecule has 0 aromatic rings. The second-order valence-corrected chi connectivity index (χ2v) is 1.47. The van der Waals surface area contributed by atoms with Crippen molar-refractivity contribution < 1.29 is 29.6 Å². The molecule has 0 spiro atoms. The van der Waals surface area contributed by atoms with Gasteiger partial charge in [0.15, 0.2) is 0 Å². The van der Waals surface area contributed by atoms with E-state index in [2.05, 4.69) is 19.6 Å². The fourth-order valence-corrected chi connectivity index (χ4v) is 0.433. The van der Waals surface area contributed by atoms with Crippen LogP contribution >= 0.6 is 0 Å². The van der Waals surface area contributed by atoms with E-state index in [4.69, 9.17) is 0 Å². The van der Waals surface area contributed by atoms with Crippen LogP contribution in [-0.2, 0) is 12.6 Å². The largest absolute Gasteiger partial charge is 1.00 e. The summed E-state index contributed by atoms with van der Waals surface area (Å²) in [5, 5.41) is 0. The Balaban J connectivity index is 0. The minimum absolute atomic E-state index is 0. The minimum Gasteiger partial charge on any atom is -0.793 e. The van der Waals surface area contributed by atoms with Crippen molar-refractivity contribution in [1.82, 2.24) is 0 Å². The van der Waals surface area contributed by atoms with Crippen molar-refractivity contribution >= 4 is 12.6 Å². The van der Waals surface area contributed by atoms with Gasteiger partial charge in [0.1, 0.15) is 0 Å². The molecule has 0 aliphatic carbocycles. The Bertz CT molecular complexity index is 15.0. The molecule has 0 heterocycles. The standard InChI is InChI=1S/C4H10S.Na/c1-2-3-4-5;/h5H,2-4H2,1H3;/q;+1/p-1. The van der Waals surface area contributed by atoms with Crippen LogP contribution in [0.3, 0.4) is 0 Å². The van der Waals surface area contributed by atoms with Gasteiger partial charge in [0.05, 0.1) is 0 Å². The molecule has 0 aromatic carbocycles. The van der Waals surface area contributed by atoms with Crippen molar-refractivity contribution in [3.63, 3.8) is 0 Å². The van der Waals surface area contributed by atoms with E-state index in [9.17, 15) is 0 Å². The molecule has 0 aliphatic rings. The first-order valence-corrected chi connectivity index (χ1v) is 2.57. The molecule has 0 N–H and O–H groups in total. The van der Waals surface area contributed by atoms with Crippen molar-refractivity contribution in [1.29, 1.82) is 0 Å². The average Bonchev–Trinajstić information content (AvgIpc) is 1.41. The van der Waals surface area contributed by atoms with Crippen molar-refractivity contribution in [3.8, 4) is 0 Å². The monoisotopic (exact) mass is 112 g/mol. The molecule has 0 fully saturated rings. The maximum Gasteiger partial charge on any atom is 1.00 e. The quantitative estimate of drug-likeness (QED) is 0.304. The maximum atomic E-state index is 4.65. The predicted octanol–water partition coefficient (Wildman–Crippen LogP) is -1.66. The molecule has 2 heteroatoms. The third kappa shape index (κ3) is 9.02. The first-order valence-electron chi connectivity index (χ1n) is 2.00. The van der Waals surface area contributed by atoms with Crippen LogP contribution in [0.5, 0.6) is 0 Å². The Morgan fingerprint density at radius 3 is 2.00 bits per heavy atom. The second kappa shape index (κ2) is 9.61. The number of rotatable bonds is 2. The Morgan fingerprint density at radius 2 is 2.00 bits per heavy atom. The van der Waals surface area contributed by atoms with Gasteiger partial charge in [-0.3, -0.25) is 0 Å². The van der Waals surface area contributed by atoms with E-state index < -0.39 is 0 Å². The number of hydrogen-bond acceptors (Lipinski definition) is 1. The summed E-state index contributed by atoms with van der Waals surface area (Å²) in [5.41, 5.74) is 0. The Hall–Kier alpha value is 1.35. The minimum atomic E-state index is 0. The molecular formula is C4H9NaS. The molecule has 0 aliphatic heterocycles. The van der Waals surface area contributed by atoms with Crippen LogP contribution in [0.15, 0.2) is 0 Å². The Labute approximate surface area is 67.4 Å². The average molecular weight is 112 g/mol. The van der Waals surface area contributed by atoms with E-state index in [1.807, 2.05) is 0 Å². The number of unbranched alkanes of at least 4 members (excludes halogenated alkanes) is 1. The molecule has 0 bridgehead atoms. The smallest absolute Gasteiger partial charge is 0.793 e. The summed E-state index contributed by atoms with van der Waals surface area (Å²) in [5.74, 6) is 0.927. The molecule has 0 saturated heterocycles. The SMILES string of the molecule is CCCC[S-].[Na+]. The van der Waals surface area contributed by atoms with Crippen LogP contribution in [0, 0.1) is 0 Å². The number of hydrogen-bond donors (Lipinski definition) is 0. The van der Waals surface area contributed by atoms with Gasteiger partial charge in [-0.2, -0.15) is 5.75 Å². The summed E-state index contributed by atoms with van der Waals surface area (Å²) >= 11 is 4.65. The molecule has 0 atom stereocenters. The van der Waals surface area contributed by atoms with Crippen molar-refractivity contribution in [2.75, 3.05) is 5.75 Å². The van der Waals surface area contributed by atoms with Gasteiger partial charge in [-0.25, -0.2) is 0 Å². The topological polar surface area (TPSA) is 0 Å². The van der Waals surface area contributed by atoms with E-state index >= 15 is 0 Å². The van der Waals surface area contributed by atoms with Crippen molar-refractivity contribution in [2.24, 2.45) is 0 Å². The van der Waals surface area contributed by atoms with E-state index in [-0.39, 0.29) is 29.6 Å². The summed E-state index contributed by atoms with van der Waals surface area (Å²) < 4.78 is 0. The van der Waals surface area contributed by atoms with Crippen LogP contribution in [0.4, 0.5) is 0 Å². The van der Waals surface area contributed by atoms with Gasteiger partial charge >= 0.3 is 29.6 Å². The molecule has 0 saturated carbocycles. The molecular weight excluding hydrogens is 103 g/mol. The summed E-state index contributed by atoms with van der Waals surface area (Å²) in [6.45, 7) is 2.15. The predicted molar refractivity (Wildman–Crippen MR) is 27.1 cm³/mol. The normalized spacial score (nSPS) is 7.00. The molecule has 0 rings (SSSR count). The van der Waals surface area contributed by atoms with Gasteiger partial charge in [-0.05, 0) is 0 Å². The zero-order valence-corrected chi connectivity index (χ0v) is 7.35. The molecule has 0 radical (unpaired) electrons. The first kappa shape index (κ1) is 10.4. The fourth-order valence-electron chi connectivity index (χ4n) is 0.144. The maximum absolute atomic E-state index is 4.65. The van der Waals surface area contributed by atoms with Crippen LogP contribution in [-0.4, -0.2) is 5.75 Å². The third-order valence-electron chi connectivity index (χ3n) is 0.498. The first-order chi connectivity index (χ1) is 2.41. The van der Waals surface area contributed by atoms with E-state index in [0.29, 0.717) is 0 Å². The van der Waals surface area contributed by atoms with Crippen molar-refractivity contribution in [2.45, 2.75) is 19.8 Å². The molecule has 0 aromatic heterocycles. The van der Waals surface area contributed by atoms with Gasteiger partial charge < -0.3 is 12.6 Å². The zero-order valence-electron chi connectivity index (χ0n) is 4.53. The van der Waals surface area contributed by atoms with Crippen LogP contribution in [0.2, 0.25) is 0 Å². The van der Waals surface area contributed by atoms with Gasteiger partial charge in [0, 0.05) is 0 Å². The van der Waals surface area contributed by atoms with Crippen molar-refractivity contribution in [3.05, 3.63) is 0 Å². The van der Waals surface area contributed by atoms with Gasteiger partial charge in [0.25, 0.3) is 0 Å². The van der Waals surface area contributed by atoms with Crippen LogP contribution in [0.25, 0.3) is 0 Å². The van der Waals surface area contributed by atoms with E-state index in [1.165, 1.54) is 12.8 Å². The summed E-state index contributed by atoms with van der Waals surface area (Å²) in [6, 6.07) is 0. The summed E-state index contributed by atoms with van der Waals surface area (Å²) in [6.07, 6.45) is 2.44. The molecule has 0 unspecified atom stereocenters. The molecule has 0 nitrogen and oxygen atoms in total. The zero-order chi connectivity index (χ0) is 4.12. The molecule has 6 heavy (non-hydrogen) atoms.